The summed E-state index contributed by atoms with van der Waals surface area (Å²) in [5, 5.41) is 4.29. The molecule has 0 spiro atoms. The molecule has 1 amide bonds. The average Bonchev–Trinajstić information content (AvgIpc) is 2.56. The number of nitrogens with one attached hydrogen (secondary N) is 1. The number of hydrogen-bond acceptors (Lipinski definition) is 4. The fourth-order valence-electron chi connectivity index (χ4n) is 2.30. The van der Waals surface area contributed by atoms with Gasteiger partial charge in [0.25, 0.3) is 5.91 Å². The highest BCUT2D eigenvalue weighted by Crippen LogP contribution is 2.31. The SMILES string of the molecule is Cc1cc(=O)oc2cc(OCC(=O)Nc3ccc(Cl)cc3)c(Cl)cc12. The van der Waals surface area contributed by atoms with E-state index >= 15 is 0 Å². The largest absolute Gasteiger partial charge is 0.482 e. The fraction of sp³-hybridized carbons (Fsp3) is 0.111. The van der Waals surface area contributed by atoms with Crippen molar-refractivity contribution in [1.29, 1.82) is 0 Å². The molecule has 7 heteroatoms. The first-order valence-corrected chi connectivity index (χ1v) is 8.10. The molecule has 0 aliphatic rings. The van der Waals surface area contributed by atoms with Gasteiger partial charge in [0.15, 0.2) is 6.61 Å². The maximum absolute atomic E-state index is 12.0. The predicted octanol–water partition coefficient (Wildman–Crippen LogP) is 4.43. The van der Waals surface area contributed by atoms with E-state index in [2.05, 4.69) is 5.32 Å². The number of carbonyl (C=O) groups excluding carboxylic acids is 1. The number of ether oxygens (including phenoxy) is 1. The maximum atomic E-state index is 12.0. The molecule has 128 valence electrons. The van der Waals surface area contributed by atoms with Crippen LogP contribution in [0.1, 0.15) is 5.56 Å². The van der Waals surface area contributed by atoms with Gasteiger partial charge in [0.05, 0.1) is 5.02 Å². The van der Waals surface area contributed by atoms with Crippen LogP contribution in [0.25, 0.3) is 11.0 Å². The molecule has 0 bridgehead atoms. The maximum Gasteiger partial charge on any atom is 0.336 e. The molecule has 5 nitrogen and oxygen atoms in total. The van der Waals surface area contributed by atoms with E-state index in [9.17, 15) is 9.59 Å². The van der Waals surface area contributed by atoms with E-state index in [1.54, 1.807) is 37.3 Å². The highest BCUT2D eigenvalue weighted by Gasteiger charge is 2.11. The van der Waals surface area contributed by atoms with Crippen molar-refractivity contribution in [3.63, 3.8) is 0 Å². The summed E-state index contributed by atoms with van der Waals surface area (Å²) >= 11 is 12.0. The number of benzene rings is 2. The molecular formula is C18H13Cl2NO4. The van der Waals surface area contributed by atoms with Gasteiger partial charge in [0.2, 0.25) is 0 Å². The summed E-state index contributed by atoms with van der Waals surface area (Å²) in [5.41, 5.74) is 1.24. The highest BCUT2D eigenvalue weighted by atomic mass is 35.5. The van der Waals surface area contributed by atoms with Crippen LogP contribution in [0, 0.1) is 6.92 Å². The standard InChI is InChI=1S/C18H13Cl2NO4/c1-10-6-18(23)25-15-8-16(14(20)7-13(10)15)24-9-17(22)21-12-4-2-11(19)3-5-12/h2-8H,9H2,1H3,(H,21,22). The van der Waals surface area contributed by atoms with E-state index in [4.69, 9.17) is 32.4 Å². The summed E-state index contributed by atoms with van der Waals surface area (Å²) in [6.07, 6.45) is 0. The van der Waals surface area contributed by atoms with Gasteiger partial charge in [-0.2, -0.15) is 0 Å². The van der Waals surface area contributed by atoms with E-state index in [0.717, 1.165) is 5.56 Å². The molecule has 0 unspecified atom stereocenters. The molecule has 0 radical (unpaired) electrons. The third kappa shape index (κ3) is 4.13. The van der Waals surface area contributed by atoms with Crippen molar-refractivity contribution in [2.24, 2.45) is 0 Å². The molecule has 0 saturated heterocycles. The van der Waals surface area contributed by atoms with Gasteiger partial charge in [-0.15, -0.1) is 0 Å². The van der Waals surface area contributed by atoms with Crippen LogP contribution in [-0.4, -0.2) is 12.5 Å². The number of rotatable bonds is 4. The zero-order valence-electron chi connectivity index (χ0n) is 13.1. The first kappa shape index (κ1) is 17.3. The zero-order chi connectivity index (χ0) is 18.0. The molecule has 0 aliphatic heterocycles. The second kappa shape index (κ2) is 7.17. The lowest BCUT2D eigenvalue weighted by Crippen LogP contribution is -2.20. The molecule has 1 N–H and O–H groups in total. The van der Waals surface area contributed by atoms with E-state index in [1.807, 2.05) is 0 Å². The third-order valence-electron chi connectivity index (χ3n) is 3.49. The first-order chi connectivity index (χ1) is 11.9. The van der Waals surface area contributed by atoms with Gasteiger partial charge in [-0.1, -0.05) is 23.2 Å². The van der Waals surface area contributed by atoms with Crippen molar-refractivity contribution >= 4 is 45.8 Å². The highest BCUT2D eigenvalue weighted by molar-refractivity contribution is 6.32. The van der Waals surface area contributed by atoms with Crippen molar-refractivity contribution < 1.29 is 13.9 Å². The minimum atomic E-state index is -0.459. The molecule has 0 aliphatic carbocycles. The first-order valence-electron chi connectivity index (χ1n) is 7.34. The summed E-state index contributed by atoms with van der Waals surface area (Å²) in [7, 11) is 0. The topological polar surface area (TPSA) is 68.5 Å². The lowest BCUT2D eigenvalue weighted by atomic mass is 10.1. The Morgan fingerprint density at radius 1 is 1.16 bits per heavy atom. The average molecular weight is 378 g/mol. The number of fused-ring (bicyclic) bond motifs is 1. The number of hydrogen-bond donors (Lipinski definition) is 1. The Hall–Kier alpha value is -2.50. The summed E-state index contributed by atoms with van der Waals surface area (Å²) in [5.74, 6) is -0.0987. The predicted molar refractivity (Wildman–Crippen MR) is 97.8 cm³/mol. The van der Waals surface area contributed by atoms with Crippen LogP contribution < -0.4 is 15.7 Å². The van der Waals surface area contributed by atoms with Crippen molar-refractivity contribution in [2.75, 3.05) is 11.9 Å². The van der Waals surface area contributed by atoms with E-state index in [0.29, 0.717) is 26.7 Å². The summed E-state index contributed by atoms with van der Waals surface area (Å²) < 4.78 is 10.6. The van der Waals surface area contributed by atoms with Crippen LogP contribution in [0.5, 0.6) is 5.75 Å². The summed E-state index contributed by atoms with van der Waals surface area (Å²) in [4.78, 5) is 23.4. The lowest BCUT2D eigenvalue weighted by molar-refractivity contribution is -0.118. The van der Waals surface area contributed by atoms with Gasteiger partial charge in [-0.05, 0) is 42.8 Å². The normalized spacial score (nSPS) is 10.7. The monoisotopic (exact) mass is 377 g/mol. The smallest absolute Gasteiger partial charge is 0.336 e. The number of amides is 1. The number of anilines is 1. The zero-order valence-corrected chi connectivity index (χ0v) is 14.6. The molecule has 3 rings (SSSR count). The van der Waals surface area contributed by atoms with Gasteiger partial charge in [-0.3, -0.25) is 4.79 Å². The molecule has 1 heterocycles. The quantitative estimate of drug-likeness (QED) is 0.683. The molecule has 25 heavy (non-hydrogen) atoms. The Bertz CT molecular complexity index is 996. The van der Waals surface area contributed by atoms with E-state index in [1.165, 1.54) is 12.1 Å². The van der Waals surface area contributed by atoms with Crippen LogP contribution in [0.15, 0.2) is 51.7 Å². The second-order valence-corrected chi connectivity index (χ2v) is 6.21. The Morgan fingerprint density at radius 2 is 1.88 bits per heavy atom. The Balaban J connectivity index is 1.74. The van der Waals surface area contributed by atoms with Gasteiger partial charge >= 0.3 is 5.63 Å². The summed E-state index contributed by atoms with van der Waals surface area (Å²) in [6, 6.07) is 11.2. The van der Waals surface area contributed by atoms with E-state index in [-0.39, 0.29) is 18.3 Å². The van der Waals surface area contributed by atoms with Gasteiger partial charge in [-0.25, -0.2) is 4.79 Å². The van der Waals surface area contributed by atoms with Crippen molar-refractivity contribution in [1.82, 2.24) is 0 Å². The van der Waals surface area contributed by atoms with Crippen molar-refractivity contribution in [3.05, 3.63) is 68.5 Å². The molecule has 1 aromatic heterocycles. The summed E-state index contributed by atoms with van der Waals surface area (Å²) in [6.45, 7) is 1.54. The van der Waals surface area contributed by atoms with Crippen LogP contribution >= 0.6 is 23.2 Å². The number of aryl methyl sites for hydroxylation is 1. The van der Waals surface area contributed by atoms with Crippen LogP contribution in [0.2, 0.25) is 10.0 Å². The lowest BCUT2D eigenvalue weighted by Gasteiger charge is -2.10. The van der Waals surface area contributed by atoms with Gasteiger partial charge in [0.1, 0.15) is 11.3 Å². The fourth-order valence-corrected chi connectivity index (χ4v) is 2.65. The van der Waals surface area contributed by atoms with Crippen LogP contribution in [0.3, 0.4) is 0 Å². The molecule has 3 aromatic rings. The Labute approximate surface area is 153 Å². The molecular weight excluding hydrogens is 365 g/mol. The Kier molecular flexibility index (Phi) is 4.97. The van der Waals surface area contributed by atoms with Gasteiger partial charge in [0, 0.05) is 28.2 Å². The van der Waals surface area contributed by atoms with Crippen LogP contribution in [0.4, 0.5) is 5.69 Å². The van der Waals surface area contributed by atoms with E-state index < -0.39 is 5.63 Å². The Morgan fingerprint density at radius 3 is 2.60 bits per heavy atom. The molecule has 0 saturated carbocycles. The van der Waals surface area contributed by atoms with Gasteiger partial charge < -0.3 is 14.5 Å². The number of halogens is 2. The molecule has 0 fully saturated rings. The minimum Gasteiger partial charge on any atom is -0.482 e. The van der Waals surface area contributed by atoms with Crippen molar-refractivity contribution in [3.8, 4) is 5.75 Å². The second-order valence-electron chi connectivity index (χ2n) is 5.37. The number of carbonyl (C=O) groups is 1. The minimum absolute atomic E-state index is 0.246. The van der Waals surface area contributed by atoms with Crippen molar-refractivity contribution in [2.45, 2.75) is 6.92 Å². The van der Waals surface area contributed by atoms with Crippen LogP contribution in [-0.2, 0) is 4.79 Å². The third-order valence-corrected chi connectivity index (χ3v) is 4.04. The molecule has 2 aromatic carbocycles. The molecule has 0 atom stereocenters.